The monoisotopic (exact) mass is 752 g/mol. The van der Waals surface area contributed by atoms with E-state index in [-0.39, 0.29) is 36.0 Å². The highest BCUT2D eigenvalue weighted by Crippen LogP contribution is 2.43. The largest absolute Gasteiger partial charge is 0.508 e. The number of aromatic nitrogens is 2. The Hall–Kier alpha value is -5.05. The maximum absolute atomic E-state index is 15.1. The molecule has 0 saturated carbocycles. The highest BCUT2D eigenvalue weighted by molar-refractivity contribution is 6.31. The standard InChI is InChI=1S/C41H41ClN6O4.ClH/c1-25-35(21-31(22-43)45(25)3)38-37(40(50)44-30-10-12-33(49)13-11-30)26(2)46(4)39(38)36-20-29(42)9-14-34(36)41(51)48-23-28-8-6-5-7-27(28)19-32(48)24-47-15-17-52-18-16-47;/h5-14,20-21,32,49H,15-19,23-24H2,1-4H3,(H,44,50);1H/t32-;/m0./s1. The fourth-order valence-electron chi connectivity index (χ4n) is 7.58. The normalized spacial score (nSPS) is 15.7. The Kier molecular flexibility index (Phi) is 11.0. The summed E-state index contributed by atoms with van der Waals surface area (Å²) in [4.78, 5) is 33.7. The SMILES string of the molecule is Cc1c(-c2c(C(=O)Nc3ccc(O)cc3)c(C)n(C)c2-c2cc(Cl)ccc2C(=O)N2Cc3ccccc3C[C@H]2CN2CCOCC2)cc(C#N)n1C.Cl. The number of carbonyl (C=O) groups is 2. The molecule has 0 unspecified atom stereocenters. The molecule has 0 aliphatic carbocycles. The smallest absolute Gasteiger partial charge is 0.258 e. The first kappa shape index (κ1) is 37.7. The van der Waals surface area contributed by atoms with Gasteiger partial charge in [-0.25, -0.2) is 0 Å². The molecule has 1 atom stereocenters. The summed E-state index contributed by atoms with van der Waals surface area (Å²) in [6.45, 7) is 7.94. The van der Waals surface area contributed by atoms with Gasteiger partial charge in [-0.1, -0.05) is 35.9 Å². The summed E-state index contributed by atoms with van der Waals surface area (Å²) < 4.78 is 9.35. The minimum absolute atomic E-state index is 0. The number of fused-ring (bicyclic) bond motifs is 1. The molecular weight excluding hydrogens is 711 g/mol. The average molecular weight is 754 g/mol. The average Bonchev–Trinajstić information content (AvgIpc) is 3.58. The molecule has 2 aliphatic rings. The molecule has 1 fully saturated rings. The number of hydrogen-bond acceptors (Lipinski definition) is 6. The predicted molar refractivity (Wildman–Crippen MR) is 209 cm³/mol. The Morgan fingerprint density at radius 1 is 0.943 bits per heavy atom. The summed E-state index contributed by atoms with van der Waals surface area (Å²) in [6.07, 6.45) is 0.735. The van der Waals surface area contributed by atoms with Crippen LogP contribution in [0.25, 0.3) is 22.4 Å². The number of hydrogen-bond donors (Lipinski definition) is 2. The zero-order chi connectivity index (χ0) is 36.7. The highest BCUT2D eigenvalue weighted by atomic mass is 35.5. The molecule has 0 radical (unpaired) electrons. The van der Waals surface area contributed by atoms with Gasteiger partial charge in [-0.3, -0.25) is 14.5 Å². The van der Waals surface area contributed by atoms with Crippen LogP contribution in [0.3, 0.4) is 0 Å². The molecule has 274 valence electrons. The van der Waals surface area contributed by atoms with Gasteiger partial charge in [0.25, 0.3) is 11.8 Å². The van der Waals surface area contributed by atoms with Crippen LogP contribution in [0.5, 0.6) is 5.75 Å². The number of halogens is 2. The zero-order valence-electron chi connectivity index (χ0n) is 30.1. The number of phenolic OH excluding ortho intramolecular Hbond substituents is 1. The fraction of sp³-hybridized carbons (Fsp3) is 0.293. The van der Waals surface area contributed by atoms with Gasteiger partial charge < -0.3 is 29.2 Å². The Bertz CT molecular complexity index is 2230. The Morgan fingerprint density at radius 2 is 1.64 bits per heavy atom. The third-order valence-corrected chi connectivity index (χ3v) is 10.8. The van der Waals surface area contributed by atoms with Crippen molar-refractivity contribution in [1.29, 1.82) is 5.26 Å². The number of morpholine rings is 1. The van der Waals surface area contributed by atoms with E-state index in [1.165, 1.54) is 17.7 Å². The summed E-state index contributed by atoms with van der Waals surface area (Å²) in [5.41, 5.74) is 8.16. The van der Waals surface area contributed by atoms with Gasteiger partial charge in [-0.05, 0) is 79.9 Å². The number of amides is 2. The van der Waals surface area contributed by atoms with E-state index in [0.29, 0.717) is 75.4 Å². The summed E-state index contributed by atoms with van der Waals surface area (Å²) in [7, 11) is 3.70. The van der Waals surface area contributed by atoms with Gasteiger partial charge in [0.05, 0.1) is 24.5 Å². The molecule has 12 heteroatoms. The van der Waals surface area contributed by atoms with Crippen molar-refractivity contribution >= 4 is 41.5 Å². The van der Waals surface area contributed by atoms with Crippen LogP contribution < -0.4 is 5.32 Å². The van der Waals surface area contributed by atoms with Crippen molar-refractivity contribution in [2.24, 2.45) is 14.1 Å². The minimum Gasteiger partial charge on any atom is -0.508 e. The highest BCUT2D eigenvalue weighted by Gasteiger charge is 2.35. The van der Waals surface area contributed by atoms with E-state index >= 15 is 4.79 Å². The maximum Gasteiger partial charge on any atom is 0.258 e. The van der Waals surface area contributed by atoms with Gasteiger partial charge >= 0.3 is 0 Å². The molecule has 2 amide bonds. The molecule has 10 nitrogen and oxygen atoms in total. The molecule has 53 heavy (non-hydrogen) atoms. The van der Waals surface area contributed by atoms with Gasteiger partial charge in [0.2, 0.25) is 0 Å². The van der Waals surface area contributed by atoms with Gasteiger partial charge in [0.1, 0.15) is 17.5 Å². The molecule has 2 N–H and O–H groups in total. The number of anilines is 1. The van der Waals surface area contributed by atoms with Crippen LogP contribution in [0.4, 0.5) is 5.69 Å². The van der Waals surface area contributed by atoms with Crippen LogP contribution in [-0.2, 0) is 31.8 Å². The van der Waals surface area contributed by atoms with Crippen LogP contribution >= 0.6 is 24.0 Å². The first-order valence-corrected chi connectivity index (χ1v) is 17.8. The molecule has 7 rings (SSSR count). The number of ether oxygens (including phenoxy) is 1. The molecule has 2 aliphatic heterocycles. The van der Waals surface area contributed by atoms with E-state index in [4.69, 9.17) is 16.3 Å². The number of aromatic hydroxyl groups is 1. The van der Waals surface area contributed by atoms with Crippen molar-refractivity contribution in [2.75, 3.05) is 38.2 Å². The second kappa shape index (κ2) is 15.5. The first-order valence-electron chi connectivity index (χ1n) is 17.4. The van der Waals surface area contributed by atoms with Crippen LogP contribution in [-0.4, -0.2) is 74.7 Å². The fourth-order valence-corrected chi connectivity index (χ4v) is 7.75. The van der Waals surface area contributed by atoms with Crippen LogP contribution in [0, 0.1) is 25.2 Å². The van der Waals surface area contributed by atoms with E-state index in [2.05, 4.69) is 34.5 Å². The zero-order valence-corrected chi connectivity index (χ0v) is 31.7. The third-order valence-electron chi connectivity index (χ3n) is 10.6. The lowest BCUT2D eigenvalue weighted by Gasteiger charge is -2.40. The molecule has 5 aromatic rings. The van der Waals surface area contributed by atoms with E-state index in [0.717, 1.165) is 37.3 Å². The lowest BCUT2D eigenvalue weighted by molar-refractivity contribution is 0.0193. The summed E-state index contributed by atoms with van der Waals surface area (Å²) in [6, 6.07) is 23.9. The molecule has 1 saturated heterocycles. The Labute approximate surface area is 320 Å². The maximum atomic E-state index is 15.1. The van der Waals surface area contributed by atoms with Crippen molar-refractivity contribution < 1.29 is 19.4 Å². The minimum atomic E-state index is -0.366. The number of benzene rings is 3. The number of carbonyl (C=O) groups excluding carboxylic acids is 2. The molecule has 0 bridgehead atoms. The second-order valence-corrected chi connectivity index (χ2v) is 14.0. The number of rotatable bonds is 7. The van der Waals surface area contributed by atoms with E-state index in [1.54, 1.807) is 41.0 Å². The van der Waals surface area contributed by atoms with Gasteiger partial charge in [0, 0.05) is 90.7 Å². The van der Waals surface area contributed by atoms with Crippen LogP contribution in [0.15, 0.2) is 72.8 Å². The Balaban J connectivity index is 0.00000481. The van der Waals surface area contributed by atoms with Crippen molar-refractivity contribution in [3.63, 3.8) is 0 Å². The molecule has 4 heterocycles. The van der Waals surface area contributed by atoms with Gasteiger partial charge in [-0.2, -0.15) is 5.26 Å². The van der Waals surface area contributed by atoms with Crippen molar-refractivity contribution in [3.05, 3.63) is 117 Å². The van der Waals surface area contributed by atoms with E-state index < -0.39 is 0 Å². The van der Waals surface area contributed by atoms with Gasteiger partial charge in [-0.15, -0.1) is 12.4 Å². The molecular formula is C41H42Cl2N6O4. The predicted octanol–water partition coefficient (Wildman–Crippen LogP) is 7.12. The summed E-state index contributed by atoms with van der Waals surface area (Å²) in [5, 5.41) is 23.3. The van der Waals surface area contributed by atoms with Gasteiger partial charge in [0.15, 0.2) is 0 Å². The summed E-state index contributed by atoms with van der Waals surface area (Å²) >= 11 is 6.75. The van der Waals surface area contributed by atoms with Crippen molar-refractivity contribution in [2.45, 2.75) is 32.9 Å². The van der Waals surface area contributed by atoms with Crippen LogP contribution in [0.1, 0.15) is 48.9 Å². The first-order chi connectivity index (χ1) is 25.0. The lowest BCUT2D eigenvalue weighted by Crippen LogP contribution is -2.52. The summed E-state index contributed by atoms with van der Waals surface area (Å²) in [5.74, 6) is -0.403. The van der Waals surface area contributed by atoms with E-state index in [1.807, 2.05) is 43.5 Å². The number of nitriles is 1. The lowest BCUT2D eigenvalue weighted by atomic mass is 9.91. The Morgan fingerprint density at radius 3 is 2.32 bits per heavy atom. The van der Waals surface area contributed by atoms with Crippen LogP contribution in [0.2, 0.25) is 5.02 Å². The van der Waals surface area contributed by atoms with Crippen molar-refractivity contribution in [1.82, 2.24) is 18.9 Å². The van der Waals surface area contributed by atoms with Crippen molar-refractivity contribution in [3.8, 4) is 34.2 Å². The number of nitrogens with one attached hydrogen (secondary N) is 1. The second-order valence-electron chi connectivity index (χ2n) is 13.6. The topological polar surface area (TPSA) is 116 Å². The number of phenols is 1. The number of nitrogens with zero attached hydrogens (tertiary/aromatic N) is 5. The molecule has 2 aromatic heterocycles. The molecule has 0 spiro atoms. The third kappa shape index (κ3) is 7.18. The molecule has 3 aromatic carbocycles. The van der Waals surface area contributed by atoms with E-state index in [9.17, 15) is 15.2 Å². The quantitative estimate of drug-likeness (QED) is 0.171.